The highest BCUT2D eigenvalue weighted by atomic mass is 16.5. The van der Waals surface area contributed by atoms with Crippen LogP contribution in [0.1, 0.15) is 43.4 Å². The SMILES string of the molecule is CC1OCCNC1c1nc(C2CC2)no1. The van der Waals surface area contributed by atoms with E-state index in [1.165, 1.54) is 12.8 Å². The smallest absolute Gasteiger partial charge is 0.246 e. The zero-order valence-corrected chi connectivity index (χ0v) is 8.77. The van der Waals surface area contributed by atoms with Crippen LogP contribution in [0, 0.1) is 0 Å². The van der Waals surface area contributed by atoms with Crippen molar-refractivity contribution < 1.29 is 9.26 Å². The van der Waals surface area contributed by atoms with E-state index >= 15 is 0 Å². The van der Waals surface area contributed by atoms with Crippen molar-refractivity contribution in [3.63, 3.8) is 0 Å². The van der Waals surface area contributed by atoms with Crippen LogP contribution in [0.5, 0.6) is 0 Å². The van der Waals surface area contributed by atoms with Crippen molar-refractivity contribution in [2.24, 2.45) is 0 Å². The molecule has 5 nitrogen and oxygen atoms in total. The van der Waals surface area contributed by atoms with Crippen molar-refractivity contribution in [3.8, 4) is 0 Å². The first-order valence-corrected chi connectivity index (χ1v) is 5.53. The molecule has 1 aliphatic carbocycles. The quantitative estimate of drug-likeness (QED) is 0.787. The third-order valence-electron chi connectivity index (χ3n) is 2.98. The van der Waals surface area contributed by atoms with Crippen molar-refractivity contribution in [3.05, 3.63) is 11.7 Å². The lowest BCUT2D eigenvalue weighted by Crippen LogP contribution is -2.40. The molecule has 1 aromatic heterocycles. The van der Waals surface area contributed by atoms with Crippen LogP contribution in [-0.4, -0.2) is 29.4 Å². The van der Waals surface area contributed by atoms with E-state index in [-0.39, 0.29) is 12.1 Å². The first kappa shape index (κ1) is 9.30. The van der Waals surface area contributed by atoms with Crippen LogP contribution >= 0.6 is 0 Å². The molecule has 1 saturated heterocycles. The van der Waals surface area contributed by atoms with Crippen LogP contribution in [0.3, 0.4) is 0 Å². The molecule has 0 aromatic carbocycles. The standard InChI is InChI=1S/C10H15N3O2/c1-6-8(11-4-5-14-6)10-12-9(13-15-10)7-2-3-7/h6-8,11H,2-5H2,1H3. The summed E-state index contributed by atoms with van der Waals surface area (Å²) in [5.74, 6) is 2.08. The number of morpholine rings is 1. The van der Waals surface area contributed by atoms with Crippen molar-refractivity contribution in [1.82, 2.24) is 15.5 Å². The summed E-state index contributed by atoms with van der Waals surface area (Å²) < 4.78 is 10.8. The number of rotatable bonds is 2. The molecule has 2 unspecified atom stereocenters. The fourth-order valence-corrected chi connectivity index (χ4v) is 1.89. The number of hydrogen-bond acceptors (Lipinski definition) is 5. The van der Waals surface area contributed by atoms with Crippen LogP contribution in [0.2, 0.25) is 0 Å². The molecule has 1 aromatic rings. The predicted molar refractivity (Wildman–Crippen MR) is 52.4 cm³/mol. The average molecular weight is 209 g/mol. The van der Waals surface area contributed by atoms with Gasteiger partial charge < -0.3 is 14.6 Å². The Labute approximate surface area is 88.2 Å². The Balaban J connectivity index is 1.78. The summed E-state index contributed by atoms with van der Waals surface area (Å²) in [6.45, 7) is 3.62. The van der Waals surface area contributed by atoms with Crippen molar-refractivity contribution in [2.45, 2.75) is 37.8 Å². The topological polar surface area (TPSA) is 60.2 Å². The molecule has 2 atom stereocenters. The number of nitrogens with one attached hydrogen (secondary N) is 1. The minimum absolute atomic E-state index is 0.0544. The summed E-state index contributed by atoms with van der Waals surface area (Å²) in [4.78, 5) is 4.43. The van der Waals surface area contributed by atoms with E-state index in [9.17, 15) is 0 Å². The van der Waals surface area contributed by atoms with Gasteiger partial charge in [-0.15, -0.1) is 0 Å². The molecule has 5 heteroatoms. The molecule has 1 aliphatic heterocycles. The first-order valence-electron chi connectivity index (χ1n) is 5.53. The van der Waals surface area contributed by atoms with Crippen LogP contribution < -0.4 is 5.32 Å². The summed E-state index contributed by atoms with van der Waals surface area (Å²) in [6, 6.07) is 0.0544. The lowest BCUT2D eigenvalue weighted by Gasteiger charge is -2.27. The Morgan fingerprint density at radius 2 is 2.27 bits per heavy atom. The van der Waals surface area contributed by atoms with Gasteiger partial charge in [0.2, 0.25) is 5.89 Å². The molecule has 0 amide bonds. The van der Waals surface area contributed by atoms with Gasteiger partial charge in [-0.05, 0) is 19.8 Å². The van der Waals surface area contributed by atoms with E-state index in [1.807, 2.05) is 6.92 Å². The third-order valence-corrected chi connectivity index (χ3v) is 2.98. The molecular weight excluding hydrogens is 194 g/mol. The Hall–Kier alpha value is -0.940. The molecule has 3 rings (SSSR count). The Bertz CT molecular complexity index is 348. The molecule has 0 radical (unpaired) electrons. The summed E-state index contributed by atoms with van der Waals surface area (Å²) >= 11 is 0. The normalized spacial score (nSPS) is 31.8. The van der Waals surface area contributed by atoms with Gasteiger partial charge in [-0.2, -0.15) is 4.98 Å². The van der Waals surface area contributed by atoms with E-state index in [1.54, 1.807) is 0 Å². The van der Waals surface area contributed by atoms with Gasteiger partial charge in [0.05, 0.1) is 12.7 Å². The molecule has 0 bridgehead atoms. The van der Waals surface area contributed by atoms with Crippen LogP contribution in [0.4, 0.5) is 0 Å². The monoisotopic (exact) mass is 209 g/mol. The molecule has 1 saturated carbocycles. The van der Waals surface area contributed by atoms with Gasteiger partial charge in [-0.3, -0.25) is 0 Å². The molecule has 15 heavy (non-hydrogen) atoms. The summed E-state index contributed by atoms with van der Waals surface area (Å²) in [5, 5.41) is 7.34. The number of ether oxygens (including phenoxy) is 1. The second kappa shape index (κ2) is 3.57. The first-order chi connectivity index (χ1) is 7.34. The maximum Gasteiger partial charge on any atom is 0.246 e. The van der Waals surface area contributed by atoms with Crippen molar-refractivity contribution in [1.29, 1.82) is 0 Å². The molecule has 2 aliphatic rings. The number of hydrogen-bond donors (Lipinski definition) is 1. The zero-order valence-electron chi connectivity index (χ0n) is 8.77. The number of nitrogens with zero attached hydrogens (tertiary/aromatic N) is 2. The summed E-state index contributed by atoms with van der Waals surface area (Å²) in [5.41, 5.74) is 0. The van der Waals surface area contributed by atoms with Gasteiger partial charge in [0.25, 0.3) is 0 Å². The van der Waals surface area contributed by atoms with Crippen molar-refractivity contribution in [2.75, 3.05) is 13.2 Å². The van der Waals surface area contributed by atoms with E-state index in [0.29, 0.717) is 11.8 Å². The Morgan fingerprint density at radius 3 is 3.00 bits per heavy atom. The van der Waals surface area contributed by atoms with E-state index in [4.69, 9.17) is 9.26 Å². The lowest BCUT2D eigenvalue weighted by atomic mass is 10.1. The van der Waals surface area contributed by atoms with Gasteiger partial charge in [-0.1, -0.05) is 5.16 Å². The number of aromatic nitrogens is 2. The summed E-state index contributed by atoms with van der Waals surface area (Å²) in [7, 11) is 0. The molecule has 2 fully saturated rings. The fraction of sp³-hybridized carbons (Fsp3) is 0.800. The lowest BCUT2D eigenvalue weighted by molar-refractivity contribution is -0.00136. The minimum atomic E-state index is 0.0544. The maximum atomic E-state index is 5.54. The van der Waals surface area contributed by atoms with Crippen molar-refractivity contribution >= 4 is 0 Å². The highest BCUT2D eigenvalue weighted by Crippen LogP contribution is 2.38. The molecule has 82 valence electrons. The maximum absolute atomic E-state index is 5.54. The highest BCUT2D eigenvalue weighted by molar-refractivity contribution is 5.06. The summed E-state index contributed by atoms with van der Waals surface area (Å²) in [6.07, 6.45) is 2.50. The van der Waals surface area contributed by atoms with E-state index in [2.05, 4.69) is 15.5 Å². The van der Waals surface area contributed by atoms with Gasteiger partial charge in [0.1, 0.15) is 6.04 Å². The van der Waals surface area contributed by atoms with E-state index in [0.717, 1.165) is 19.0 Å². The zero-order chi connectivity index (χ0) is 10.3. The van der Waals surface area contributed by atoms with Gasteiger partial charge in [0.15, 0.2) is 5.82 Å². The highest BCUT2D eigenvalue weighted by Gasteiger charge is 2.32. The van der Waals surface area contributed by atoms with Gasteiger partial charge in [-0.25, -0.2) is 0 Å². The molecule has 2 heterocycles. The molecule has 0 spiro atoms. The van der Waals surface area contributed by atoms with E-state index < -0.39 is 0 Å². The minimum Gasteiger partial charge on any atom is -0.375 e. The van der Waals surface area contributed by atoms with Gasteiger partial charge >= 0.3 is 0 Å². The van der Waals surface area contributed by atoms with Crippen LogP contribution in [0.25, 0.3) is 0 Å². The second-order valence-electron chi connectivity index (χ2n) is 4.27. The van der Waals surface area contributed by atoms with Gasteiger partial charge in [0, 0.05) is 12.5 Å². The average Bonchev–Trinajstić information content (AvgIpc) is 2.99. The predicted octanol–water partition coefficient (Wildman–Crippen LogP) is 0.996. The molecular formula is C10H15N3O2. The Morgan fingerprint density at radius 1 is 1.40 bits per heavy atom. The third kappa shape index (κ3) is 1.77. The van der Waals surface area contributed by atoms with Crippen LogP contribution in [-0.2, 0) is 4.74 Å². The van der Waals surface area contributed by atoms with Crippen LogP contribution in [0.15, 0.2) is 4.52 Å². The Kier molecular flexibility index (Phi) is 2.21. The molecule has 1 N–H and O–H groups in total. The fourth-order valence-electron chi connectivity index (χ4n) is 1.89. The largest absolute Gasteiger partial charge is 0.375 e. The second-order valence-corrected chi connectivity index (χ2v) is 4.27.